The van der Waals surface area contributed by atoms with Crippen LogP contribution in [0.2, 0.25) is 0 Å². The highest BCUT2D eigenvalue weighted by molar-refractivity contribution is 5.08. The van der Waals surface area contributed by atoms with Crippen molar-refractivity contribution in [2.45, 2.75) is 32.9 Å². The maximum atomic E-state index is 12.1. The van der Waals surface area contributed by atoms with Crippen LogP contribution < -0.4 is 11.2 Å². The molecule has 2 aromatic heterocycles. The van der Waals surface area contributed by atoms with Crippen LogP contribution in [-0.2, 0) is 19.5 Å². The number of aryl methyl sites for hydroxylation is 2. The van der Waals surface area contributed by atoms with Crippen molar-refractivity contribution in [3.8, 4) is 0 Å². The minimum Gasteiger partial charge on any atom is -0.300 e. The summed E-state index contributed by atoms with van der Waals surface area (Å²) >= 11 is 0. The normalized spacial score (nSPS) is 10.6. The third-order valence-electron chi connectivity index (χ3n) is 2.95. The third kappa shape index (κ3) is 3.19. The molecule has 2 aromatic rings. The number of hydrogen-bond donors (Lipinski definition) is 0. The first-order chi connectivity index (χ1) is 9.22. The van der Waals surface area contributed by atoms with Crippen molar-refractivity contribution < 1.29 is 0 Å². The fourth-order valence-corrected chi connectivity index (χ4v) is 1.96. The first-order valence-electron chi connectivity index (χ1n) is 6.41. The van der Waals surface area contributed by atoms with E-state index >= 15 is 0 Å². The molecule has 0 radical (unpaired) electrons. The molecule has 0 aliphatic carbocycles. The molecule has 19 heavy (non-hydrogen) atoms. The van der Waals surface area contributed by atoms with Crippen molar-refractivity contribution in [1.82, 2.24) is 14.1 Å². The van der Waals surface area contributed by atoms with E-state index in [1.54, 1.807) is 23.2 Å². The summed E-state index contributed by atoms with van der Waals surface area (Å²) < 4.78 is 2.85. The Morgan fingerprint density at radius 1 is 1.21 bits per heavy atom. The van der Waals surface area contributed by atoms with Crippen LogP contribution in [0.4, 0.5) is 0 Å². The van der Waals surface area contributed by atoms with Gasteiger partial charge in [0.15, 0.2) is 0 Å². The van der Waals surface area contributed by atoms with Crippen LogP contribution in [0, 0.1) is 0 Å². The summed E-state index contributed by atoms with van der Waals surface area (Å²) in [5, 5.41) is 0. The minimum absolute atomic E-state index is 0.238. The lowest BCUT2D eigenvalue weighted by molar-refractivity contribution is 0.545. The Morgan fingerprint density at radius 3 is 2.74 bits per heavy atom. The van der Waals surface area contributed by atoms with Crippen molar-refractivity contribution in [2.75, 3.05) is 0 Å². The first-order valence-corrected chi connectivity index (χ1v) is 6.41. The van der Waals surface area contributed by atoms with Gasteiger partial charge in [-0.05, 0) is 24.5 Å². The molecule has 0 N–H and O–H groups in total. The van der Waals surface area contributed by atoms with E-state index in [0.29, 0.717) is 19.5 Å². The minimum atomic E-state index is -0.249. The quantitative estimate of drug-likeness (QED) is 0.806. The Kier molecular flexibility index (Phi) is 4.28. The highest BCUT2D eigenvalue weighted by atomic mass is 16.2. The van der Waals surface area contributed by atoms with Crippen molar-refractivity contribution in [1.29, 1.82) is 0 Å². The second kappa shape index (κ2) is 6.13. The molecule has 2 rings (SSSR count). The summed E-state index contributed by atoms with van der Waals surface area (Å²) in [5.41, 5.74) is 0.527. The smallest absolute Gasteiger partial charge is 0.300 e. The third-order valence-corrected chi connectivity index (χ3v) is 2.95. The zero-order valence-corrected chi connectivity index (χ0v) is 11.0. The molecule has 0 atom stereocenters. The summed E-state index contributed by atoms with van der Waals surface area (Å²) in [4.78, 5) is 27.9. The van der Waals surface area contributed by atoms with Crippen molar-refractivity contribution >= 4 is 0 Å². The molecule has 0 unspecified atom stereocenters. The number of aromatic nitrogens is 3. The van der Waals surface area contributed by atoms with Gasteiger partial charge in [0.25, 0.3) is 5.56 Å². The summed E-state index contributed by atoms with van der Waals surface area (Å²) in [7, 11) is 0. The van der Waals surface area contributed by atoms with Gasteiger partial charge in [-0.1, -0.05) is 13.0 Å². The molecule has 100 valence electrons. The van der Waals surface area contributed by atoms with Crippen molar-refractivity contribution in [2.24, 2.45) is 0 Å². The lowest BCUT2D eigenvalue weighted by Crippen LogP contribution is -2.39. The van der Waals surface area contributed by atoms with Crippen LogP contribution in [0.25, 0.3) is 0 Å². The van der Waals surface area contributed by atoms with E-state index in [-0.39, 0.29) is 11.2 Å². The SMILES string of the molecule is CCCn1ccc(=O)n(CCc2cccnc2)c1=O. The van der Waals surface area contributed by atoms with Crippen LogP contribution in [0.1, 0.15) is 18.9 Å². The van der Waals surface area contributed by atoms with E-state index in [9.17, 15) is 9.59 Å². The van der Waals surface area contributed by atoms with Crippen LogP contribution in [0.3, 0.4) is 0 Å². The van der Waals surface area contributed by atoms with Gasteiger partial charge in [0.05, 0.1) is 0 Å². The molecular weight excluding hydrogens is 242 g/mol. The van der Waals surface area contributed by atoms with E-state index in [0.717, 1.165) is 12.0 Å². The van der Waals surface area contributed by atoms with E-state index in [1.165, 1.54) is 10.6 Å². The van der Waals surface area contributed by atoms with Gasteiger partial charge in [-0.15, -0.1) is 0 Å². The Balaban J connectivity index is 2.22. The second-order valence-corrected chi connectivity index (χ2v) is 4.39. The summed E-state index contributed by atoms with van der Waals surface area (Å²) in [6, 6.07) is 5.23. The molecule has 0 spiro atoms. The monoisotopic (exact) mass is 259 g/mol. The Hall–Kier alpha value is -2.17. The lowest BCUT2D eigenvalue weighted by Gasteiger charge is -2.08. The Bertz CT molecular complexity index is 644. The predicted octanol–water partition coefficient (Wildman–Crippen LogP) is 1.06. The van der Waals surface area contributed by atoms with Crippen LogP contribution >= 0.6 is 0 Å². The maximum Gasteiger partial charge on any atom is 0.330 e. The van der Waals surface area contributed by atoms with Gasteiger partial charge in [0.1, 0.15) is 0 Å². The first kappa shape index (κ1) is 13.3. The molecule has 0 aromatic carbocycles. The molecule has 0 amide bonds. The number of nitrogens with zero attached hydrogens (tertiary/aromatic N) is 3. The predicted molar refractivity (Wildman–Crippen MR) is 73.2 cm³/mol. The number of hydrogen-bond acceptors (Lipinski definition) is 3. The molecule has 5 nitrogen and oxygen atoms in total. The van der Waals surface area contributed by atoms with Crippen LogP contribution in [0.5, 0.6) is 0 Å². The molecule has 2 heterocycles. The van der Waals surface area contributed by atoms with Crippen LogP contribution in [0.15, 0.2) is 46.4 Å². The molecular formula is C14H17N3O2. The summed E-state index contributed by atoms with van der Waals surface area (Å²) in [6.45, 7) is 3.01. The number of pyridine rings is 1. The largest absolute Gasteiger partial charge is 0.330 e. The molecule has 0 bridgehead atoms. The average molecular weight is 259 g/mol. The highest BCUT2D eigenvalue weighted by Crippen LogP contribution is 1.97. The average Bonchev–Trinajstić information content (AvgIpc) is 2.43. The van der Waals surface area contributed by atoms with Crippen molar-refractivity contribution in [3.05, 3.63) is 63.2 Å². The molecule has 5 heteroatoms. The molecule has 0 fully saturated rings. The molecule has 0 aliphatic rings. The topological polar surface area (TPSA) is 56.9 Å². The fourth-order valence-electron chi connectivity index (χ4n) is 1.96. The van der Waals surface area contributed by atoms with Gasteiger partial charge in [0, 0.05) is 37.7 Å². The highest BCUT2D eigenvalue weighted by Gasteiger charge is 2.04. The number of rotatable bonds is 5. The van der Waals surface area contributed by atoms with Crippen LogP contribution in [-0.4, -0.2) is 14.1 Å². The summed E-state index contributed by atoms with van der Waals surface area (Å²) in [6.07, 6.45) is 6.50. The standard InChI is InChI=1S/C14H17N3O2/c1-2-8-16-9-6-13(18)17(14(16)19)10-5-12-4-3-7-15-11-12/h3-4,6-7,9,11H,2,5,8,10H2,1H3. The van der Waals surface area contributed by atoms with Gasteiger partial charge in [0.2, 0.25) is 0 Å². The zero-order valence-electron chi connectivity index (χ0n) is 11.0. The van der Waals surface area contributed by atoms with E-state index in [2.05, 4.69) is 4.98 Å². The van der Waals surface area contributed by atoms with Gasteiger partial charge in [-0.2, -0.15) is 0 Å². The lowest BCUT2D eigenvalue weighted by atomic mass is 10.2. The van der Waals surface area contributed by atoms with E-state index < -0.39 is 0 Å². The van der Waals surface area contributed by atoms with E-state index in [4.69, 9.17) is 0 Å². The Morgan fingerprint density at radius 2 is 2.05 bits per heavy atom. The maximum absolute atomic E-state index is 12.1. The molecule has 0 saturated carbocycles. The fraction of sp³-hybridized carbons (Fsp3) is 0.357. The molecule has 0 aliphatic heterocycles. The van der Waals surface area contributed by atoms with Gasteiger partial charge >= 0.3 is 5.69 Å². The summed E-state index contributed by atoms with van der Waals surface area (Å²) in [5.74, 6) is 0. The van der Waals surface area contributed by atoms with Gasteiger partial charge < -0.3 is 4.57 Å². The molecule has 0 saturated heterocycles. The van der Waals surface area contributed by atoms with Gasteiger partial charge in [-0.3, -0.25) is 14.3 Å². The second-order valence-electron chi connectivity index (χ2n) is 4.39. The Labute approximate surface area is 111 Å². The van der Waals surface area contributed by atoms with Gasteiger partial charge in [-0.25, -0.2) is 4.79 Å². The van der Waals surface area contributed by atoms with Crippen molar-refractivity contribution in [3.63, 3.8) is 0 Å². The zero-order chi connectivity index (χ0) is 13.7. The van der Waals surface area contributed by atoms with E-state index in [1.807, 2.05) is 19.1 Å².